The van der Waals surface area contributed by atoms with Gasteiger partial charge in [-0.05, 0) is 51.4 Å². The standard InChI is InChI=1S/C77H146O6/c1-4-7-10-13-15-17-19-21-23-25-27-29-31-33-34-35-36-37-38-39-40-41-42-44-45-47-49-51-53-55-57-59-61-64-67-70-76(79)82-73-74(72-81-75(78)69-66-63-12-9-6-3)83-77(80)71-68-65-62-60-58-56-54-52-50-48-46-43-32-30-28-26-24-22-20-18-16-14-11-8-5-2/h19,21,25,27,74H,4-18,20,22-24,26,28-73H2,1-3H3/b21-19-,27-25-. The molecule has 0 N–H and O–H groups in total. The Hall–Kier alpha value is -2.11. The van der Waals surface area contributed by atoms with E-state index in [0.29, 0.717) is 19.3 Å². The molecule has 0 radical (unpaired) electrons. The van der Waals surface area contributed by atoms with Crippen LogP contribution in [-0.2, 0) is 28.6 Å². The first-order valence-corrected chi connectivity index (χ1v) is 37.8. The SMILES string of the molecule is CCCCCCC/C=C\C/C=C\CCCCCCCCCCCCCCCCCCCCCCCCCC(=O)OCC(COC(=O)CCCCCCC)OC(=O)CCCCCCCCCCCCCCCCCCCCCCCCCCC. The molecule has 83 heavy (non-hydrogen) atoms. The van der Waals surface area contributed by atoms with Crippen molar-refractivity contribution in [2.45, 2.75) is 438 Å². The largest absolute Gasteiger partial charge is 0.462 e. The van der Waals surface area contributed by atoms with E-state index in [9.17, 15) is 14.4 Å². The lowest BCUT2D eigenvalue weighted by atomic mass is 10.0. The predicted molar refractivity (Wildman–Crippen MR) is 363 cm³/mol. The van der Waals surface area contributed by atoms with Crippen LogP contribution in [0.3, 0.4) is 0 Å². The van der Waals surface area contributed by atoms with Gasteiger partial charge in [-0.25, -0.2) is 0 Å². The second kappa shape index (κ2) is 72.4. The molecule has 6 heteroatoms. The summed E-state index contributed by atoms with van der Waals surface area (Å²) in [6.45, 7) is 6.63. The Labute approximate surface area is 519 Å². The van der Waals surface area contributed by atoms with Gasteiger partial charge in [-0.3, -0.25) is 14.4 Å². The second-order valence-electron chi connectivity index (χ2n) is 25.9. The van der Waals surface area contributed by atoms with Gasteiger partial charge in [-0.1, -0.05) is 385 Å². The molecule has 1 atom stereocenters. The molecule has 0 saturated carbocycles. The minimum Gasteiger partial charge on any atom is -0.462 e. The van der Waals surface area contributed by atoms with E-state index in [4.69, 9.17) is 14.2 Å². The Morgan fingerprint density at radius 3 is 0.663 bits per heavy atom. The number of allylic oxidation sites excluding steroid dienone is 4. The fourth-order valence-electron chi connectivity index (χ4n) is 11.8. The zero-order valence-corrected chi connectivity index (χ0v) is 56.5. The molecule has 6 nitrogen and oxygen atoms in total. The van der Waals surface area contributed by atoms with E-state index in [1.807, 2.05) is 0 Å². The van der Waals surface area contributed by atoms with E-state index >= 15 is 0 Å². The van der Waals surface area contributed by atoms with Gasteiger partial charge >= 0.3 is 17.9 Å². The van der Waals surface area contributed by atoms with Crippen LogP contribution in [-0.4, -0.2) is 37.2 Å². The quantitative estimate of drug-likeness (QED) is 0.0261. The van der Waals surface area contributed by atoms with Crippen LogP contribution in [0.4, 0.5) is 0 Å². The maximum absolute atomic E-state index is 12.9. The summed E-state index contributed by atoms with van der Waals surface area (Å²) < 4.78 is 16.8. The van der Waals surface area contributed by atoms with Crippen molar-refractivity contribution in [2.24, 2.45) is 0 Å². The summed E-state index contributed by atoms with van der Waals surface area (Å²) in [6, 6.07) is 0. The average Bonchev–Trinajstić information content (AvgIpc) is 3.49. The molecule has 0 aromatic carbocycles. The first kappa shape index (κ1) is 80.9. The molecular weight excluding hydrogens is 1020 g/mol. The van der Waals surface area contributed by atoms with E-state index < -0.39 is 6.10 Å². The molecule has 0 rings (SSSR count). The molecule has 0 heterocycles. The van der Waals surface area contributed by atoms with Crippen molar-refractivity contribution in [3.63, 3.8) is 0 Å². The van der Waals surface area contributed by atoms with E-state index in [1.54, 1.807) is 0 Å². The topological polar surface area (TPSA) is 78.9 Å². The maximum atomic E-state index is 12.9. The third-order valence-electron chi connectivity index (χ3n) is 17.5. The number of rotatable bonds is 71. The molecule has 0 aromatic heterocycles. The summed E-state index contributed by atoms with van der Waals surface area (Å²) in [5.74, 6) is -0.846. The van der Waals surface area contributed by atoms with Gasteiger partial charge in [0.05, 0.1) is 0 Å². The van der Waals surface area contributed by atoms with Gasteiger partial charge in [0.2, 0.25) is 0 Å². The van der Waals surface area contributed by atoms with E-state index in [2.05, 4.69) is 45.1 Å². The van der Waals surface area contributed by atoms with Gasteiger partial charge in [-0.15, -0.1) is 0 Å². The smallest absolute Gasteiger partial charge is 0.306 e. The average molecular weight is 1170 g/mol. The fraction of sp³-hybridized carbons (Fsp3) is 0.909. The lowest BCUT2D eigenvalue weighted by molar-refractivity contribution is -0.167. The summed E-state index contributed by atoms with van der Waals surface area (Å²) in [5.41, 5.74) is 0. The molecule has 0 aliphatic carbocycles. The number of hydrogen-bond acceptors (Lipinski definition) is 6. The number of unbranched alkanes of at least 4 members (excludes halogenated alkanes) is 56. The number of ether oxygens (including phenoxy) is 3. The highest BCUT2D eigenvalue weighted by atomic mass is 16.6. The Morgan fingerprint density at radius 1 is 0.241 bits per heavy atom. The molecule has 1 unspecified atom stereocenters. The molecule has 0 spiro atoms. The fourth-order valence-corrected chi connectivity index (χ4v) is 11.8. The summed E-state index contributed by atoms with van der Waals surface area (Å²) in [7, 11) is 0. The first-order valence-electron chi connectivity index (χ1n) is 37.8. The van der Waals surface area contributed by atoms with Crippen molar-refractivity contribution in [3.8, 4) is 0 Å². The van der Waals surface area contributed by atoms with Crippen LogP contribution < -0.4 is 0 Å². The number of carbonyl (C=O) groups is 3. The molecule has 0 amide bonds. The monoisotopic (exact) mass is 1170 g/mol. The summed E-state index contributed by atoms with van der Waals surface area (Å²) in [4.78, 5) is 38.1. The van der Waals surface area contributed by atoms with E-state index in [1.165, 1.54) is 321 Å². The Morgan fingerprint density at radius 2 is 0.434 bits per heavy atom. The highest BCUT2D eigenvalue weighted by Gasteiger charge is 2.20. The summed E-state index contributed by atoms with van der Waals surface area (Å²) in [6.07, 6.45) is 90.1. The van der Waals surface area contributed by atoms with Crippen LogP contribution in [0.5, 0.6) is 0 Å². The summed E-state index contributed by atoms with van der Waals surface area (Å²) >= 11 is 0. The highest BCUT2D eigenvalue weighted by molar-refractivity contribution is 5.71. The maximum Gasteiger partial charge on any atom is 0.306 e. The van der Waals surface area contributed by atoms with Crippen molar-refractivity contribution in [2.75, 3.05) is 13.2 Å². The number of esters is 3. The Kier molecular flexibility index (Phi) is 70.5. The van der Waals surface area contributed by atoms with Crippen LogP contribution in [0.15, 0.2) is 24.3 Å². The van der Waals surface area contributed by atoms with Crippen molar-refractivity contribution >= 4 is 17.9 Å². The van der Waals surface area contributed by atoms with Crippen LogP contribution in [0.1, 0.15) is 432 Å². The van der Waals surface area contributed by atoms with Crippen molar-refractivity contribution in [1.29, 1.82) is 0 Å². The Bertz CT molecular complexity index is 1340. The van der Waals surface area contributed by atoms with Crippen molar-refractivity contribution in [3.05, 3.63) is 24.3 Å². The molecule has 0 saturated heterocycles. The van der Waals surface area contributed by atoms with Gasteiger partial charge in [0.15, 0.2) is 6.10 Å². The van der Waals surface area contributed by atoms with Crippen LogP contribution in [0.2, 0.25) is 0 Å². The number of carbonyl (C=O) groups excluding carboxylic acids is 3. The Balaban J connectivity index is 3.85. The van der Waals surface area contributed by atoms with Crippen LogP contribution >= 0.6 is 0 Å². The normalized spacial score (nSPS) is 12.1. The second-order valence-corrected chi connectivity index (χ2v) is 25.9. The molecule has 0 aliphatic rings. The zero-order chi connectivity index (χ0) is 59.9. The summed E-state index contributed by atoms with van der Waals surface area (Å²) in [5, 5.41) is 0. The minimum atomic E-state index is -0.763. The third-order valence-corrected chi connectivity index (χ3v) is 17.5. The van der Waals surface area contributed by atoms with Crippen molar-refractivity contribution < 1.29 is 28.6 Å². The van der Waals surface area contributed by atoms with Gasteiger partial charge in [0.1, 0.15) is 13.2 Å². The minimum absolute atomic E-state index is 0.0641. The molecule has 0 aliphatic heterocycles. The molecule has 490 valence electrons. The van der Waals surface area contributed by atoms with E-state index in [-0.39, 0.29) is 31.1 Å². The van der Waals surface area contributed by atoms with Gasteiger partial charge < -0.3 is 14.2 Å². The predicted octanol–water partition coefficient (Wildman–Crippen LogP) is 26.1. The number of hydrogen-bond donors (Lipinski definition) is 0. The van der Waals surface area contributed by atoms with Gasteiger partial charge in [0, 0.05) is 19.3 Å². The molecule has 0 bridgehead atoms. The molecular formula is C77H146O6. The lowest BCUT2D eigenvalue weighted by Gasteiger charge is -2.18. The zero-order valence-electron chi connectivity index (χ0n) is 56.5. The van der Waals surface area contributed by atoms with Crippen molar-refractivity contribution in [1.82, 2.24) is 0 Å². The third kappa shape index (κ3) is 70.5. The van der Waals surface area contributed by atoms with E-state index in [0.717, 1.165) is 70.6 Å². The van der Waals surface area contributed by atoms with Gasteiger partial charge in [-0.2, -0.15) is 0 Å². The molecule has 0 fully saturated rings. The first-order chi connectivity index (χ1) is 41.0. The van der Waals surface area contributed by atoms with Crippen LogP contribution in [0.25, 0.3) is 0 Å². The van der Waals surface area contributed by atoms with Crippen LogP contribution in [0, 0.1) is 0 Å². The lowest BCUT2D eigenvalue weighted by Crippen LogP contribution is -2.30. The highest BCUT2D eigenvalue weighted by Crippen LogP contribution is 2.20. The molecule has 0 aromatic rings. The van der Waals surface area contributed by atoms with Gasteiger partial charge in [0.25, 0.3) is 0 Å².